The van der Waals surface area contributed by atoms with Crippen LogP contribution in [0, 0.1) is 0 Å². The van der Waals surface area contributed by atoms with Gasteiger partial charge in [-0.3, -0.25) is 0 Å². The molecule has 2 aromatic rings. The quantitative estimate of drug-likeness (QED) is 0.621. The van der Waals surface area contributed by atoms with Crippen molar-refractivity contribution in [3.63, 3.8) is 0 Å². The van der Waals surface area contributed by atoms with Gasteiger partial charge >= 0.3 is 0 Å². The number of rotatable bonds is 4. The normalized spacial score (nSPS) is 11.4. The average molecular weight is 431 g/mol. The molecule has 0 radical (unpaired) electrons. The standard InChI is InChI=1S/C13H8BrCl3O3S/c14-10-6-9(21(17,18)19)4-5-12(10)20-7-8-2-1-3-11(15)13(8)16/h1-6H,7H2. The third kappa shape index (κ3) is 4.27. The van der Waals surface area contributed by atoms with Crippen molar-refractivity contribution in [2.24, 2.45) is 0 Å². The molecular weight excluding hydrogens is 422 g/mol. The highest BCUT2D eigenvalue weighted by atomic mass is 79.9. The second-order valence-corrected chi connectivity index (χ2v) is 8.24. The molecule has 0 heterocycles. The van der Waals surface area contributed by atoms with E-state index in [1.54, 1.807) is 18.2 Å². The minimum atomic E-state index is -3.77. The van der Waals surface area contributed by atoms with Gasteiger partial charge in [0.2, 0.25) is 0 Å². The van der Waals surface area contributed by atoms with Gasteiger partial charge in [0.1, 0.15) is 12.4 Å². The lowest BCUT2D eigenvalue weighted by molar-refractivity contribution is 0.304. The van der Waals surface area contributed by atoms with E-state index in [0.29, 0.717) is 20.3 Å². The molecule has 0 spiro atoms. The maximum absolute atomic E-state index is 11.2. The van der Waals surface area contributed by atoms with Gasteiger partial charge in [-0.1, -0.05) is 35.3 Å². The largest absolute Gasteiger partial charge is 0.488 e. The average Bonchev–Trinajstić information content (AvgIpc) is 2.40. The van der Waals surface area contributed by atoms with Gasteiger partial charge in [-0.05, 0) is 40.2 Å². The smallest absolute Gasteiger partial charge is 0.261 e. The SMILES string of the molecule is O=S(=O)(Cl)c1ccc(OCc2cccc(Cl)c2Cl)c(Br)c1. The number of ether oxygens (including phenoxy) is 1. The Morgan fingerprint density at radius 1 is 1.14 bits per heavy atom. The third-order valence-electron chi connectivity index (χ3n) is 2.60. The van der Waals surface area contributed by atoms with Crippen LogP contribution in [0.15, 0.2) is 45.8 Å². The number of benzene rings is 2. The molecule has 0 aliphatic heterocycles. The van der Waals surface area contributed by atoms with Crippen LogP contribution in [0.1, 0.15) is 5.56 Å². The topological polar surface area (TPSA) is 43.4 Å². The highest BCUT2D eigenvalue weighted by Crippen LogP contribution is 2.31. The molecule has 0 unspecified atom stereocenters. The molecule has 0 saturated carbocycles. The first-order valence-corrected chi connectivity index (χ1v) is 9.45. The lowest BCUT2D eigenvalue weighted by atomic mass is 10.2. The zero-order chi connectivity index (χ0) is 15.6. The number of halogens is 4. The molecular formula is C13H8BrCl3O3S. The van der Waals surface area contributed by atoms with Gasteiger partial charge in [0.15, 0.2) is 0 Å². The van der Waals surface area contributed by atoms with E-state index < -0.39 is 9.05 Å². The number of hydrogen-bond donors (Lipinski definition) is 0. The summed E-state index contributed by atoms with van der Waals surface area (Å²) in [5, 5.41) is 0.871. The minimum Gasteiger partial charge on any atom is -0.488 e. The zero-order valence-electron chi connectivity index (χ0n) is 10.3. The van der Waals surface area contributed by atoms with Crippen molar-refractivity contribution in [3.05, 3.63) is 56.5 Å². The highest BCUT2D eigenvalue weighted by molar-refractivity contribution is 9.10. The second kappa shape index (κ2) is 6.75. The molecule has 0 amide bonds. The Morgan fingerprint density at radius 3 is 2.48 bits per heavy atom. The molecule has 0 atom stereocenters. The minimum absolute atomic E-state index is 0.0100. The summed E-state index contributed by atoms with van der Waals surface area (Å²) >= 11 is 15.2. The Balaban J connectivity index is 2.19. The summed E-state index contributed by atoms with van der Waals surface area (Å²) in [5.74, 6) is 0.468. The van der Waals surface area contributed by atoms with E-state index in [9.17, 15) is 8.42 Å². The fourth-order valence-corrected chi connectivity index (χ4v) is 3.36. The van der Waals surface area contributed by atoms with E-state index in [1.807, 2.05) is 0 Å². The summed E-state index contributed by atoms with van der Waals surface area (Å²) in [6.45, 7) is 0.199. The lowest BCUT2D eigenvalue weighted by Crippen LogP contribution is -1.98. The van der Waals surface area contributed by atoms with Gasteiger partial charge in [-0.2, -0.15) is 0 Å². The first-order chi connectivity index (χ1) is 9.79. The van der Waals surface area contributed by atoms with E-state index in [2.05, 4.69) is 15.9 Å². The van der Waals surface area contributed by atoms with Crippen LogP contribution in [0.25, 0.3) is 0 Å². The van der Waals surface area contributed by atoms with Crippen LogP contribution in [-0.4, -0.2) is 8.42 Å². The van der Waals surface area contributed by atoms with Crippen molar-refractivity contribution in [2.75, 3.05) is 0 Å². The van der Waals surface area contributed by atoms with Crippen molar-refractivity contribution < 1.29 is 13.2 Å². The predicted molar refractivity (Wildman–Crippen MR) is 88.0 cm³/mol. The summed E-state index contributed by atoms with van der Waals surface area (Å²) in [5.41, 5.74) is 0.727. The molecule has 0 aliphatic rings. The molecule has 112 valence electrons. The molecule has 0 N–H and O–H groups in total. The van der Waals surface area contributed by atoms with Gasteiger partial charge in [-0.15, -0.1) is 0 Å². The summed E-state index contributed by atoms with van der Waals surface area (Å²) in [6.07, 6.45) is 0. The van der Waals surface area contributed by atoms with Crippen molar-refractivity contribution in [2.45, 2.75) is 11.5 Å². The van der Waals surface area contributed by atoms with E-state index in [4.69, 9.17) is 38.6 Å². The fraction of sp³-hybridized carbons (Fsp3) is 0.0769. The predicted octanol–water partition coefficient (Wildman–Crippen LogP) is 5.26. The van der Waals surface area contributed by atoms with Crippen molar-refractivity contribution in [1.29, 1.82) is 0 Å². The van der Waals surface area contributed by atoms with Crippen LogP contribution in [0.3, 0.4) is 0 Å². The molecule has 0 bridgehead atoms. The zero-order valence-corrected chi connectivity index (χ0v) is 15.0. The molecule has 2 aromatic carbocycles. The number of hydrogen-bond acceptors (Lipinski definition) is 3. The van der Waals surface area contributed by atoms with Crippen molar-refractivity contribution in [3.8, 4) is 5.75 Å². The van der Waals surface area contributed by atoms with E-state index in [1.165, 1.54) is 18.2 Å². The second-order valence-electron chi connectivity index (χ2n) is 4.03. The van der Waals surface area contributed by atoms with Gasteiger partial charge in [-0.25, -0.2) is 8.42 Å². The van der Waals surface area contributed by atoms with Gasteiger partial charge in [0, 0.05) is 16.2 Å². The Bertz CT molecular complexity index is 778. The Labute approximate surface area is 145 Å². The van der Waals surface area contributed by atoms with Crippen LogP contribution in [0.2, 0.25) is 10.0 Å². The molecule has 0 aliphatic carbocycles. The maximum Gasteiger partial charge on any atom is 0.261 e. The monoisotopic (exact) mass is 428 g/mol. The van der Waals surface area contributed by atoms with Gasteiger partial charge in [0.05, 0.1) is 19.4 Å². The van der Waals surface area contributed by atoms with E-state index in [0.717, 1.165) is 5.56 Å². The van der Waals surface area contributed by atoms with Crippen LogP contribution in [0.5, 0.6) is 5.75 Å². The van der Waals surface area contributed by atoms with Gasteiger partial charge in [0.25, 0.3) is 9.05 Å². The van der Waals surface area contributed by atoms with Crippen LogP contribution in [-0.2, 0) is 15.7 Å². The molecule has 2 rings (SSSR count). The molecule has 0 aromatic heterocycles. The molecule has 0 saturated heterocycles. The van der Waals surface area contributed by atoms with Crippen LogP contribution in [0.4, 0.5) is 0 Å². The maximum atomic E-state index is 11.2. The van der Waals surface area contributed by atoms with E-state index >= 15 is 0 Å². The fourth-order valence-electron chi connectivity index (χ4n) is 1.57. The summed E-state index contributed by atoms with van der Waals surface area (Å²) in [4.78, 5) is -0.0100. The van der Waals surface area contributed by atoms with Crippen molar-refractivity contribution in [1.82, 2.24) is 0 Å². The summed E-state index contributed by atoms with van der Waals surface area (Å²) in [7, 11) is 1.50. The van der Waals surface area contributed by atoms with Crippen molar-refractivity contribution >= 4 is 58.9 Å². The first-order valence-electron chi connectivity index (χ1n) is 5.59. The first kappa shape index (κ1) is 16.9. The summed E-state index contributed by atoms with van der Waals surface area (Å²) in [6, 6.07) is 9.49. The van der Waals surface area contributed by atoms with E-state index in [-0.39, 0.29) is 11.5 Å². The third-order valence-corrected chi connectivity index (χ3v) is 5.43. The summed E-state index contributed by atoms with van der Waals surface area (Å²) < 4.78 is 28.5. The Morgan fingerprint density at radius 2 is 1.86 bits per heavy atom. The van der Waals surface area contributed by atoms with Crippen LogP contribution >= 0.6 is 49.8 Å². The van der Waals surface area contributed by atoms with Gasteiger partial charge < -0.3 is 4.74 Å². The highest BCUT2D eigenvalue weighted by Gasteiger charge is 2.13. The van der Waals surface area contributed by atoms with Crippen LogP contribution < -0.4 is 4.74 Å². The molecule has 21 heavy (non-hydrogen) atoms. The molecule has 3 nitrogen and oxygen atoms in total. The Kier molecular flexibility index (Phi) is 5.43. The lowest BCUT2D eigenvalue weighted by Gasteiger charge is -2.10. The molecule has 0 fully saturated rings. The molecule has 8 heteroatoms. The Hall–Kier alpha value is -0.460.